The molecular weight excluding hydrogens is 387 g/mol. The van der Waals surface area contributed by atoms with Gasteiger partial charge in [0.15, 0.2) is 0 Å². The van der Waals surface area contributed by atoms with Gasteiger partial charge in [0.2, 0.25) is 0 Å². The molecule has 100 valence electrons. The van der Waals surface area contributed by atoms with Gasteiger partial charge in [-0.15, -0.1) is 0 Å². The number of hydrogen-bond acceptors (Lipinski definition) is 1. The Bertz CT molecular complexity index is 632. The standard InChI is InChI=1S/C13H8Br2F3N/c14-9-2-1-6(16)3-7(9)13(19)8-4-12(18)10(15)5-11(8)17/h1-5,13H,19H2. The van der Waals surface area contributed by atoms with Crippen LogP contribution < -0.4 is 5.73 Å². The normalized spacial score (nSPS) is 12.5. The molecule has 2 aromatic rings. The van der Waals surface area contributed by atoms with Gasteiger partial charge in [-0.3, -0.25) is 0 Å². The molecule has 0 bridgehead atoms. The fourth-order valence-corrected chi connectivity index (χ4v) is 2.51. The molecule has 2 N–H and O–H groups in total. The minimum atomic E-state index is -0.965. The third-order valence-corrected chi connectivity index (χ3v) is 4.00. The molecule has 0 spiro atoms. The summed E-state index contributed by atoms with van der Waals surface area (Å²) in [6, 6.07) is 4.94. The van der Waals surface area contributed by atoms with Crippen LogP contribution in [0.15, 0.2) is 39.3 Å². The second-order valence-corrected chi connectivity index (χ2v) is 5.64. The Morgan fingerprint density at radius 2 is 1.53 bits per heavy atom. The highest BCUT2D eigenvalue weighted by Gasteiger charge is 2.19. The summed E-state index contributed by atoms with van der Waals surface area (Å²) in [4.78, 5) is 0. The zero-order valence-corrected chi connectivity index (χ0v) is 12.6. The van der Waals surface area contributed by atoms with Crippen molar-refractivity contribution in [1.29, 1.82) is 0 Å². The van der Waals surface area contributed by atoms with Crippen molar-refractivity contribution in [1.82, 2.24) is 0 Å². The zero-order valence-electron chi connectivity index (χ0n) is 9.43. The lowest BCUT2D eigenvalue weighted by Crippen LogP contribution is -2.15. The SMILES string of the molecule is NC(c1cc(F)c(Br)cc1F)c1cc(F)ccc1Br. The van der Waals surface area contributed by atoms with Crippen LogP contribution in [0.3, 0.4) is 0 Å². The third kappa shape index (κ3) is 3.01. The van der Waals surface area contributed by atoms with Crippen LogP contribution in [-0.4, -0.2) is 0 Å². The molecule has 1 nitrogen and oxygen atoms in total. The van der Waals surface area contributed by atoms with Crippen molar-refractivity contribution >= 4 is 31.9 Å². The van der Waals surface area contributed by atoms with Gasteiger partial charge < -0.3 is 5.73 Å². The monoisotopic (exact) mass is 393 g/mol. The first kappa shape index (κ1) is 14.6. The van der Waals surface area contributed by atoms with Crippen LogP contribution in [0, 0.1) is 17.5 Å². The first-order chi connectivity index (χ1) is 8.90. The molecule has 1 unspecified atom stereocenters. The van der Waals surface area contributed by atoms with Gasteiger partial charge in [-0.05, 0) is 51.8 Å². The van der Waals surface area contributed by atoms with E-state index in [9.17, 15) is 13.2 Å². The fraction of sp³-hybridized carbons (Fsp3) is 0.0769. The van der Waals surface area contributed by atoms with Gasteiger partial charge in [0, 0.05) is 10.0 Å². The maximum Gasteiger partial charge on any atom is 0.137 e. The molecule has 2 rings (SSSR count). The van der Waals surface area contributed by atoms with Crippen molar-refractivity contribution in [2.75, 3.05) is 0 Å². The van der Waals surface area contributed by atoms with Gasteiger partial charge in [0.1, 0.15) is 17.5 Å². The molecule has 19 heavy (non-hydrogen) atoms. The number of benzene rings is 2. The van der Waals surface area contributed by atoms with Gasteiger partial charge in [-0.1, -0.05) is 15.9 Å². The maximum atomic E-state index is 13.8. The second kappa shape index (κ2) is 5.64. The van der Waals surface area contributed by atoms with Crippen LogP contribution in [0.1, 0.15) is 17.2 Å². The highest BCUT2D eigenvalue weighted by Crippen LogP contribution is 2.31. The van der Waals surface area contributed by atoms with Gasteiger partial charge in [0.25, 0.3) is 0 Å². The smallest absolute Gasteiger partial charge is 0.137 e. The van der Waals surface area contributed by atoms with Crippen molar-refractivity contribution in [3.05, 3.63) is 67.9 Å². The Balaban J connectivity index is 2.52. The quantitative estimate of drug-likeness (QED) is 0.735. The maximum absolute atomic E-state index is 13.8. The molecule has 0 saturated heterocycles. The molecule has 0 aliphatic rings. The van der Waals surface area contributed by atoms with Gasteiger partial charge in [0.05, 0.1) is 10.5 Å². The number of hydrogen-bond donors (Lipinski definition) is 1. The van der Waals surface area contributed by atoms with E-state index in [-0.39, 0.29) is 10.0 Å². The summed E-state index contributed by atoms with van der Waals surface area (Å²) < 4.78 is 41.0. The summed E-state index contributed by atoms with van der Waals surface area (Å²) in [6.07, 6.45) is 0. The molecule has 0 aromatic heterocycles. The summed E-state index contributed by atoms with van der Waals surface area (Å²) in [6.45, 7) is 0. The lowest BCUT2D eigenvalue weighted by molar-refractivity contribution is 0.570. The molecule has 0 amide bonds. The zero-order chi connectivity index (χ0) is 14.2. The molecule has 0 aliphatic heterocycles. The minimum absolute atomic E-state index is 0.0132. The number of halogens is 5. The van der Waals surface area contributed by atoms with Gasteiger partial charge in [-0.25, -0.2) is 13.2 Å². The largest absolute Gasteiger partial charge is 0.320 e. The van der Waals surface area contributed by atoms with Crippen molar-refractivity contribution in [2.24, 2.45) is 5.73 Å². The fourth-order valence-electron chi connectivity index (χ4n) is 1.70. The van der Waals surface area contributed by atoms with E-state index in [0.717, 1.165) is 12.1 Å². The molecule has 0 radical (unpaired) electrons. The molecular formula is C13H8Br2F3N. The van der Waals surface area contributed by atoms with Crippen molar-refractivity contribution < 1.29 is 13.2 Å². The summed E-state index contributed by atoms with van der Waals surface area (Å²) >= 11 is 6.10. The Kier molecular flexibility index (Phi) is 4.32. The van der Waals surface area contributed by atoms with Crippen LogP contribution in [-0.2, 0) is 0 Å². The predicted molar refractivity (Wildman–Crippen MR) is 74.2 cm³/mol. The molecule has 1 atom stereocenters. The Morgan fingerprint density at radius 1 is 0.842 bits per heavy atom. The minimum Gasteiger partial charge on any atom is -0.320 e. The third-order valence-electron chi connectivity index (χ3n) is 2.67. The molecule has 6 heteroatoms. The topological polar surface area (TPSA) is 26.0 Å². The van der Waals surface area contributed by atoms with Crippen LogP contribution in [0.2, 0.25) is 0 Å². The van der Waals surface area contributed by atoms with E-state index in [4.69, 9.17) is 5.73 Å². The van der Waals surface area contributed by atoms with E-state index in [0.29, 0.717) is 10.0 Å². The summed E-state index contributed by atoms with van der Waals surface area (Å²) in [5.41, 5.74) is 6.20. The van der Waals surface area contributed by atoms with E-state index in [2.05, 4.69) is 31.9 Å². The Labute approximate surface area is 124 Å². The average molecular weight is 395 g/mol. The van der Waals surface area contributed by atoms with Crippen LogP contribution in [0.5, 0.6) is 0 Å². The van der Waals surface area contributed by atoms with Crippen LogP contribution >= 0.6 is 31.9 Å². The second-order valence-electron chi connectivity index (χ2n) is 3.93. The highest BCUT2D eigenvalue weighted by atomic mass is 79.9. The van der Waals surface area contributed by atoms with E-state index in [1.54, 1.807) is 0 Å². The predicted octanol–water partition coefficient (Wildman–Crippen LogP) is 4.68. The first-order valence-corrected chi connectivity index (χ1v) is 6.83. The van der Waals surface area contributed by atoms with Gasteiger partial charge in [-0.2, -0.15) is 0 Å². The lowest BCUT2D eigenvalue weighted by atomic mass is 9.99. The lowest BCUT2D eigenvalue weighted by Gasteiger charge is -2.16. The molecule has 0 aliphatic carbocycles. The van der Waals surface area contributed by atoms with E-state index in [1.165, 1.54) is 18.2 Å². The average Bonchev–Trinajstić information content (AvgIpc) is 2.36. The van der Waals surface area contributed by atoms with Crippen LogP contribution in [0.4, 0.5) is 13.2 Å². The van der Waals surface area contributed by atoms with Crippen LogP contribution in [0.25, 0.3) is 0 Å². The Hall–Kier alpha value is -0.850. The molecule has 0 fully saturated rings. The summed E-state index contributed by atoms with van der Waals surface area (Å²) in [5, 5.41) is 0. The number of nitrogens with two attached hydrogens (primary N) is 1. The van der Waals surface area contributed by atoms with Crippen molar-refractivity contribution in [2.45, 2.75) is 6.04 Å². The molecule has 0 heterocycles. The van der Waals surface area contributed by atoms with Crippen molar-refractivity contribution in [3.63, 3.8) is 0 Å². The van der Waals surface area contributed by atoms with E-state index in [1.807, 2.05) is 0 Å². The van der Waals surface area contributed by atoms with Gasteiger partial charge >= 0.3 is 0 Å². The van der Waals surface area contributed by atoms with E-state index >= 15 is 0 Å². The molecule has 2 aromatic carbocycles. The first-order valence-electron chi connectivity index (χ1n) is 5.25. The number of rotatable bonds is 2. The van der Waals surface area contributed by atoms with E-state index < -0.39 is 23.5 Å². The summed E-state index contributed by atoms with van der Waals surface area (Å²) in [7, 11) is 0. The Morgan fingerprint density at radius 3 is 2.21 bits per heavy atom. The molecule has 0 saturated carbocycles. The summed E-state index contributed by atoms with van der Waals surface area (Å²) in [5.74, 6) is -1.78. The van der Waals surface area contributed by atoms with Crippen molar-refractivity contribution in [3.8, 4) is 0 Å². The highest BCUT2D eigenvalue weighted by molar-refractivity contribution is 9.10.